The molecule has 3 aromatic carbocycles. The molecule has 0 aliphatic carbocycles. The second-order valence-corrected chi connectivity index (χ2v) is 12.1. The van der Waals surface area contributed by atoms with Gasteiger partial charge in [0.2, 0.25) is 0 Å². The number of sulfonamides is 1. The van der Waals surface area contributed by atoms with Crippen molar-refractivity contribution >= 4 is 44.7 Å². The van der Waals surface area contributed by atoms with Crippen LogP contribution in [-0.4, -0.2) is 41.7 Å². The first kappa shape index (κ1) is 21.5. The third-order valence-electron chi connectivity index (χ3n) is 4.21. The summed E-state index contributed by atoms with van der Waals surface area (Å²) in [6, 6.07) is 19.7. The van der Waals surface area contributed by atoms with Crippen molar-refractivity contribution in [2.75, 3.05) is 19.0 Å². The Balaban J connectivity index is 2.30. The molecule has 0 radical (unpaired) electrons. The summed E-state index contributed by atoms with van der Waals surface area (Å²) in [4.78, 5) is 1.86. The summed E-state index contributed by atoms with van der Waals surface area (Å²) in [5.74, 6) is 0. The van der Waals surface area contributed by atoms with Gasteiger partial charge in [0, 0.05) is 0 Å². The van der Waals surface area contributed by atoms with E-state index >= 15 is 0 Å². The van der Waals surface area contributed by atoms with Gasteiger partial charge in [-0.05, 0) is 0 Å². The van der Waals surface area contributed by atoms with Gasteiger partial charge < -0.3 is 0 Å². The number of fused-ring (bicyclic) bond motifs is 1. The standard InChI is InChI=1S/C20H19F3N2O2SSe/c1-25(2)17-12-6-10-16-11-7-13-18(19(16)17)29(14-15-8-4-3-5-9-15)24-28(26,27)20(21,22)23/h3-13H,14H2,1-2H3. The van der Waals surface area contributed by atoms with Crippen LogP contribution in [0.3, 0.4) is 0 Å². The predicted molar refractivity (Wildman–Crippen MR) is 111 cm³/mol. The summed E-state index contributed by atoms with van der Waals surface area (Å²) in [6.07, 6.45) is 0. The number of hydrogen-bond donors (Lipinski definition) is 0. The van der Waals surface area contributed by atoms with Crippen molar-refractivity contribution in [3.05, 3.63) is 72.3 Å². The Morgan fingerprint density at radius 2 is 1.55 bits per heavy atom. The molecular formula is C20H19F3N2O2SSe. The summed E-state index contributed by atoms with van der Waals surface area (Å²) in [5, 5.41) is 1.72. The van der Waals surface area contributed by atoms with Crippen molar-refractivity contribution in [2.24, 2.45) is 3.37 Å². The second kappa shape index (κ2) is 8.26. The van der Waals surface area contributed by atoms with E-state index in [0.29, 0.717) is 4.46 Å². The minimum absolute atomic E-state index is 0.150. The van der Waals surface area contributed by atoms with Gasteiger partial charge in [0.15, 0.2) is 0 Å². The topological polar surface area (TPSA) is 49.7 Å². The summed E-state index contributed by atoms with van der Waals surface area (Å²) in [7, 11) is -1.93. The van der Waals surface area contributed by atoms with Gasteiger partial charge >= 0.3 is 172 Å². The molecule has 0 heterocycles. The first-order chi connectivity index (χ1) is 13.6. The molecule has 4 nitrogen and oxygen atoms in total. The molecule has 0 amide bonds. The molecule has 3 rings (SSSR count). The quantitative estimate of drug-likeness (QED) is 0.512. The Morgan fingerprint density at radius 3 is 2.14 bits per heavy atom. The molecule has 29 heavy (non-hydrogen) atoms. The fraction of sp³-hybridized carbons (Fsp3) is 0.200. The number of hydrogen-bond acceptors (Lipinski definition) is 3. The van der Waals surface area contributed by atoms with Crippen molar-refractivity contribution in [3.63, 3.8) is 0 Å². The molecule has 0 bridgehead atoms. The first-order valence-electron chi connectivity index (χ1n) is 8.58. The zero-order valence-corrected chi connectivity index (χ0v) is 18.2. The van der Waals surface area contributed by atoms with Crippen molar-refractivity contribution in [2.45, 2.75) is 10.8 Å². The van der Waals surface area contributed by atoms with Crippen molar-refractivity contribution < 1.29 is 21.6 Å². The van der Waals surface area contributed by atoms with Crippen LogP contribution >= 0.6 is 0 Å². The molecule has 3 aromatic rings. The molecule has 0 saturated carbocycles. The zero-order chi connectivity index (χ0) is 21.2. The summed E-state index contributed by atoms with van der Waals surface area (Å²) in [6.45, 7) is 0. The Morgan fingerprint density at radius 1 is 0.931 bits per heavy atom. The van der Waals surface area contributed by atoms with E-state index in [0.717, 1.165) is 22.0 Å². The fourth-order valence-corrected chi connectivity index (χ4v) is 9.06. The average Bonchev–Trinajstić information content (AvgIpc) is 2.66. The van der Waals surface area contributed by atoms with E-state index in [1.54, 1.807) is 42.5 Å². The molecule has 0 N–H and O–H groups in total. The minimum atomic E-state index is -5.60. The van der Waals surface area contributed by atoms with Gasteiger partial charge in [0.05, 0.1) is 0 Å². The molecule has 0 fully saturated rings. The van der Waals surface area contributed by atoms with Crippen LogP contribution in [0.15, 0.2) is 70.1 Å². The van der Waals surface area contributed by atoms with E-state index in [9.17, 15) is 21.6 Å². The Bertz CT molecular complexity index is 1160. The van der Waals surface area contributed by atoms with E-state index in [1.165, 1.54) is 0 Å². The summed E-state index contributed by atoms with van der Waals surface area (Å²) in [5.41, 5.74) is -3.86. The molecule has 0 aliphatic heterocycles. The SMILES string of the molecule is CN(C)c1cccc2cccc(/[Se](Cc3ccccc3)=N/S(=O)(=O)C(F)(F)F)c12. The van der Waals surface area contributed by atoms with Crippen LogP contribution in [0.4, 0.5) is 18.9 Å². The van der Waals surface area contributed by atoms with Gasteiger partial charge in [-0.3, -0.25) is 0 Å². The summed E-state index contributed by atoms with van der Waals surface area (Å²) < 4.78 is 67.1. The zero-order valence-electron chi connectivity index (χ0n) is 15.7. The third kappa shape index (κ3) is 4.69. The van der Waals surface area contributed by atoms with Crippen LogP contribution in [0.2, 0.25) is 0 Å². The van der Waals surface area contributed by atoms with Gasteiger partial charge in [0.1, 0.15) is 0 Å². The molecule has 1 unspecified atom stereocenters. The molecule has 1 atom stereocenters. The van der Waals surface area contributed by atoms with E-state index in [-0.39, 0.29) is 5.32 Å². The monoisotopic (exact) mass is 488 g/mol. The molecule has 0 aliphatic rings. The predicted octanol–water partition coefficient (Wildman–Crippen LogP) is 4.00. The second-order valence-electron chi connectivity index (χ2n) is 6.52. The maximum absolute atomic E-state index is 13.1. The Kier molecular flexibility index (Phi) is 6.12. The van der Waals surface area contributed by atoms with Crippen molar-refractivity contribution in [3.8, 4) is 0 Å². The molecule has 0 saturated heterocycles. The first-order valence-corrected chi connectivity index (χ1v) is 12.9. The van der Waals surface area contributed by atoms with E-state index in [4.69, 9.17) is 0 Å². The molecule has 0 spiro atoms. The fourth-order valence-electron chi connectivity index (χ4n) is 2.89. The van der Waals surface area contributed by atoms with Crippen LogP contribution in [0.25, 0.3) is 10.8 Å². The van der Waals surface area contributed by atoms with E-state index in [1.807, 2.05) is 43.3 Å². The van der Waals surface area contributed by atoms with E-state index < -0.39 is 29.2 Å². The number of nitrogens with zero attached hydrogens (tertiary/aromatic N) is 2. The molecule has 0 aromatic heterocycles. The number of rotatable bonds is 5. The van der Waals surface area contributed by atoms with Crippen LogP contribution in [0.1, 0.15) is 5.56 Å². The van der Waals surface area contributed by atoms with Crippen LogP contribution in [0.5, 0.6) is 0 Å². The van der Waals surface area contributed by atoms with E-state index in [2.05, 4.69) is 3.37 Å². The van der Waals surface area contributed by atoms with Gasteiger partial charge in [-0.1, -0.05) is 0 Å². The number of anilines is 1. The number of halogens is 3. The Labute approximate surface area is 171 Å². The van der Waals surface area contributed by atoms with Gasteiger partial charge in [0.25, 0.3) is 0 Å². The normalized spacial score (nSPS) is 13.6. The number of alkyl halides is 3. The molecule has 9 heteroatoms. The third-order valence-corrected chi connectivity index (χ3v) is 10.6. The molecule has 154 valence electrons. The van der Waals surface area contributed by atoms with Crippen LogP contribution in [-0.2, 0) is 15.3 Å². The molecular weight excluding hydrogens is 468 g/mol. The van der Waals surface area contributed by atoms with Crippen LogP contribution < -0.4 is 9.36 Å². The van der Waals surface area contributed by atoms with Gasteiger partial charge in [-0.15, -0.1) is 0 Å². The van der Waals surface area contributed by atoms with Gasteiger partial charge in [-0.25, -0.2) is 0 Å². The number of benzene rings is 3. The average molecular weight is 487 g/mol. The van der Waals surface area contributed by atoms with Crippen molar-refractivity contribution in [1.82, 2.24) is 0 Å². The Hall–Kier alpha value is -2.22. The van der Waals surface area contributed by atoms with Crippen LogP contribution in [0, 0.1) is 0 Å². The maximum atomic E-state index is 13.1. The summed E-state index contributed by atoms with van der Waals surface area (Å²) >= 11 is -2.80. The van der Waals surface area contributed by atoms with Crippen molar-refractivity contribution in [1.29, 1.82) is 0 Å². The van der Waals surface area contributed by atoms with Gasteiger partial charge in [-0.2, -0.15) is 0 Å².